The monoisotopic (exact) mass is 329 g/mol. The average molecular weight is 329 g/mol. The number of ether oxygens (including phenoxy) is 1. The van der Waals surface area contributed by atoms with Gasteiger partial charge in [-0.3, -0.25) is 4.79 Å². The fourth-order valence-electron chi connectivity index (χ4n) is 2.14. The van der Waals surface area contributed by atoms with E-state index in [2.05, 4.69) is 16.3 Å². The molecule has 0 unspecified atom stereocenters. The molecule has 0 aliphatic rings. The Kier molecular flexibility index (Phi) is 6.15. The van der Waals surface area contributed by atoms with Crippen LogP contribution in [0.3, 0.4) is 0 Å². The highest BCUT2D eigenvalue weighted by atomic mass is 32.1. The lowest BCUT2D eigenvalue weighted by Gasteiger charge is -2.16. The van der Waals surface area contributed by atoms with Crippen molar-refractivity contribution in [3.63, 3.8) is 0 Å². The van der Waals surface area contributed by atoms with Gasteiger partial charge >= 0.3 is 0 Å². The number of methoxy groups -OCH3 is 1. The van der Waals surface area contributed by atoms with E-state index >= 15 is 0 Å². The molecule has 1 heterocycles. The Balaban J connectivity index is 1.80. The molecule has 1 aromatic heterocycles. The summed E-state index contributed by atoms with van der Waals surface area (Å²) >= 11 is 1.36. The standard InChI is InChI=1S/C17H19N3O2S/c1-20(12-13-4-3-5-15(10-13)22-2)8-6-16(21)19-17-14(11-18)7-9-23-17/h3-5,7,9-10H,6,8,12H2,1-2H3,(H,19,21). The minimum Gasteiger partial charge on any atom is -0.497 e. The Labute approximate surface area is 140 Å². The van der Waals surface area contributed by atoms with Gasteiger partial charge in [-0.2, -0.15) is 5.26 Å². The first kappa shape index (κ1) is 17.0. The first-order chi connectivity index (χ1) is 11.1. The summed E-state index contributed by atoms with van der Waals surface area (Å²) in [6, 6.07) is 11.6. The summed E-state index contributed by atoms with van der Waals surface area (Å²) in [5.74, 6) is 0.747. The number of benzene rings is 1. The van der Waals surface area contributed by atoms with Crippen molar-refractivity contribution in [1.82, 2.24) is 4.90 Å². The molecule has 0 saturated carbocycles. The summed E-state index contributed by atoms with van der Waals surface area (Å²) in [5.41, 5.74) is 1.64. The predicted molar refractivity (Wildman–Crippen MR) is 91.6 cm³/mol. The third kappa shape index (κ3) is 5.09. The highest BCUT2D eigenvalue weighted by Crippen LogP contribution is 2.22. The molecule has 120 valence electrons. The summed E-state index contributed by atoms with van der Waals surface area (Å²) in [6.45, 7) is 1.38. The second kappa shape index (κ2) is 8.32. The van der Waals surface area contributed by atoms with Crippen LogP contribution < -0.4 is 10.1 Å². The van der Waals surface area contributed by atoms with Crippen LogP contribution in [0.15, 0.2) is 35.7 Å². The van der Waals surface area contributed by atoms with Gasteiger partial charge in [0.1, 0.15) is 16.8 Å². The van der Waals surface area contributed by atoms with Gasteiger partial charge in [-0.25, -0.2) is 0 Å². The summed E-state index contributed by atoms with van der Waals surface area (Å²) in [7, 11) is 3.62. The Morgan fingerprint density at radius 3 is 3.00 bits per heavy atom. The molecule has 6 heteroatoms. The zero-order valence-corrected chi connectivity index (χ0v) is 14.0. The van der Waals surface area contributed by atoms with Crippen LogP contribution in [0.4, 0.5) is 5.00 Å². The van der Waals surface area contributed by atoms with Gasteiger partial charge in [0.25, 0.3) is 0 Å². The lowest BCUT2D eigenvalue weighted by molar-refractivity contribution is -0.116. The second-order valence-corrected chi connectivity index (χ2v) is 6.08. The van der Waals surface area contributed by atoms with Crippen LogP contribution >= 0.6 is 11.3 Å². The van der Waals surface area contributed by atoms with E-state index in [-0.39, 0.29) is 5.91 Å². The van der Waals surface area contributed by atoms with Gasteiger partial charge in [0.2, 0.25) is 5.91 Å². The van der Waals surface area contributed by atoms with E-state index in [1.807, 2.05) is 31.3 Å². The molecule has 5 nitrogen and oxygen atoms in total. The summed E-state index contributed by atoms with van der Waals surface area (Å²) in [6.07, 6.45) is 0.378. The first-order valence-electron chi connectivity index (χ1n) is 7.21. The predicted octanol–water partition coefficient (Wildman–Crippen LogP) is 3.09. The molecule has 0 bridgehead atoms. The van der Waals surface area contributed by atoms with Crippen LogP contribution in [-0.2, 0) is 11.3 Å². The smallest absolute Gasteiger partial charge is 0.226 e. The number of anilines is 1. The van der Waals surface area contributed by atoms with Crippen LogP contribution in [-0.4, -0.2) is 31.5 Å². The number of nitriles is 1. The molecule has 1 amide bonds. The summed E-state index contributed by atoms with van der Waals surface area (Å²) in [5, 5.41) is 14.1. The van der Waals surface area contributed by atoms with Crippen molar-refractivity contribution in [1.29, 1.82) is 5.26 Å². The SMILES string of the molecule is COc1cccc(CN(C)CCC(=O)Nc2sccc2C#N)c1. The zero-order chi connectivity index (χ0) is 16.7. The van der Waals surface area contributed by atoms with Gasteiger partial charge in [-0.1, -0.05) is 12.1 Å². The van der Waals surface area contributed by atoms with Crippen molar-refractivity contribution < 1.29 is 9.53 Å². The van der Waals surface area contributed by atoms with E-state index in [4.69, 9.17) is 10.00 Å². The fraction of sp³-hybridized carbons (Fsp3) is 0.294. The molecular weight excluding hydrogens is 310 g/mol. The molecule has 0 spiro atoms. The number of hydrogen-bond donors (Lipinski definition) is 1. The van der Waals surface area contributed by atoms with Crippen LogP contribution in [0.25, 0.3) is 0 Å². The highest BCUT2D eigenvalue weighted by molar-refractivity contribution is 7.14. The van der Waals surface area contributed by atoms with E-state index in [0.29, 0.717) is 23.5 Å². The number of nitrogens with one attached hydrogen (secondary N) is 1. The maximum atomic E-state index is 12.0. The maximum Gasteiger partial charge on any atom is 0.226 e. The molecule has 0 atom stereocenters. The third-order valence-corrected chi connectivity index (χ3v) is 4.18. The van der Waals surface area contributed by atoms with Crippen LogP contribution in [0.2, 0.25) is 0 Å². The maximum absolute atomic E-state index is 12.0. The lowest BCUT2D eigenvalue weighted by atomic mass is 10.2. The third-order valence-electron chi connectivity index (χ3n) is 3.35. The molecule has 0 radical (unpaired) electrons. The minimum absolute atomic E-state index is 0.0820. The Hall–Kier alpha value is -2.36. The van der Waals surface area contributed by atoms with Gasteiger partial charge in [0, 0.05) is 19.5 Å². The van der Waals surface area contributed by atoms with E-state index < -0.39 is 0 Å². The molecule has 0 aliphatic carbocycles. The Morgan fingerprint density at radius 1 is 1.43 bits per heavy atom. The highest BCUT2D eigenvalue weighted by Gasteiger charge is 2.09. The van der Waals surface area contributed by atoms with E-state index in [0.717, 1.165) is 17.9 Å². The van der Waals surface area contributed by atoms with Gasteiger partial charge in [-0.05, 0) is 36.2 Å². The van der Waals surface area contributed by atoms with Gasteiger partial charge in [0.15, 0.2) is 0 Å². The molecule has 2 rings (SSSR count). The van der Waals surface area contributed by atoms with Gasteiger partial charge in [-0.15, -0.1) is 11.3 Å². The van der Waals surface area contributed by atoms with Crippen LogP contribution in [0.5, 0.6) is 5.75 Å². The van der Waals surface area contributed by atoms with Crippen molar-refractivity contribution in [2.24, 2.45) is 0 Å². The van der Waals surface area contributed by atoms with Crippen LogP contribution in [0.1, 0.15) is 17.5 Å². The number of thiophene rings is 1. The fourth-order valence-corrected chi connectivity index (χ4v) is 2.89. The van der Waals surface area contributed by atoms with Crippen molar-refractivity contribution in [3.05, 3.63) is 46.8 Å². The number of carbonyl (C=O) groups is 1. The molecule has 0 fully saturated rings. The molecule has 0 saturated heterocycles. The van der Waals surface area contributed by atoms with Crippen molar-refractivity contribution >= 4 is 22.2 Å². The molecular formula is C17H19N3O2S. The zero-order valence-electron chi connectivity index (χ0n) is 13.2. The molecule has 23 heavy (non-hydrogen) atoms. The average Bonchev–Trinajstić information content (AvgIpc) is 3.00. The normalized spacial score (nSPS) is 10.3. The Bertz CT molecular complexity index is 706. The first-order valence-corrected chi connectivity index (χ1v) is 8.09. The van der Waals surface area contributed by atoms with Gasteiger partial charge < -0.3 is 15.0 Å². The summed E-state index contributed by atoms with van der Waals surface area (Å²) in [4.78, 5) is 14.1. The number of rotatable bonds is 7. The van der Waals surface area contributed by atoms with Crippen molar-refractivity contribution in [3.8, 4) is 11.8 Å². The van der Waals surface area contributed by atoms with Crippen molar-refractivity contribution in [2.75, 3.05) is 26.0 Å². The molecule has 0 aliphatic heterocycles. The summed E-state index contributed by atoms with van der Waals surface area (Å²) < 4.78 is 5.21. The number of amides is 1. The van der Waals surface area contributed by atoms with E-state index in [1.54, 1.807) is 18.6 Å². The number of hydrogen-bond acceptors (Lipinski definition) is 5. The number of carbonyl (C=O) groups excluding carboxylic acids is 1. The molecule has 1 N–H and O–H groups in total. The number of nitrogens with zero attached hydrogens (tertiary/aromatic N) is 2. The minimum atomic E-state index is -0.0820. The molecule has 1 aromatic carbocycles. The molecule has 2 aromatic rings. The topological polar surface area (TPSA) is 65.4 Å². The van der Waals surface area contributed by atoms with Crippen molar-refractivity contribution in [2.45, 2.75) is 13.0 Å². The second-order valence-electron chi connectivity index (χ2n) is 5.16. The lowest BCUT2D eigenvalue weighted by Crippen LogP contribution is -2.24. The van der Waals surface area contributed by atoms with E-state index in [9.17, 15) is 4.79 Å². The largest absolute Gasteiger partial charge is 0.497 e. The van der Waals surface area contributed by atoms with Crippen LogP contribution in [0, 0.1) is 11.3 Å². The Morgan fingerprint density at radius 2 is 2.26 bits per heavy atom. The van der Waals surface area contributed by atoms with Gasteiger partial charge in [0.05, 0.1) is 12.7 Å². The van der Waals surface area contributed by atoms with E-state index in [1.165, 1.54) is 11.3 Å². The quantitative estimate of drug-likeness (QED) is 0.848.